The molecule has 2 unspecified atom stereocenters. The molecule has 0 radical (unpaired) electrons. The SMILES string of the molecule is CC1(CN2C3CCC2COC3)CNC1. The molecule has 3 saturated heterocycles. The van der Waals surface area contributed by atoms with Gasteiger partial charge in [-0.1, -0.05) is 6.92 Å². The largest absolute Gasteiger partial charge is 0.378 e. The highest BCUT2D eigenvalue weighted by atomic mass is 16.5. The van der Waals surface area contributed by atoms with E-state index in [4.69, 9.17) is 4.74 Å². The summed E-state index contributed by atoms with van der Waals surface area (Å²) >= 11 is 0. The van der Waals surface area contributed by atoms with Crippen LogP contribution in [-0.2, 0) is 4.74 Å². The van der Waals surface area contributed by atoms with Gasteiger partial charge in [0.15, 0.2) is 0 Å². The minimum absolute atomic E-state index is 0.540. The molecule has 3 aliphatic rings. The van der Waals surface area contributed by atoms with Gasteiger partial charge in [-0.05, 0) is 12.8 Å². The lowest BCUT2D eigenvalue weighted by Gasteiger charge is -2.46. The molecule has 0 saturated carbocycles. The lowest BCUT2D eigenvalue weighted by Crippen LogP contribution is -2.60. The fraction of sp³-hybridized carbons (Fsp3) is 1.00. The number of morpholine rings is 1. The van der Waals surface area contributed by atoms with Crippen molar-refractivity contribution in [1.29, 1.82) is 0 Å². The summed E-state index contributed by atoms with van der Waals surface area (Å²) in [5.41, 5.74) is 0.540. The van der Waals surface area contributed by atoms with Crippen LogP contribution in [0.4, 0.5) is 0 Å². The Morgan fingerprint density at radius 1 is 1.29 bits per heavy atom. The predicted molar refractivity (Wildman–Crippen MR) is 55.3 cm³/mol. The van der Waals surface area contributed by atoms with Crippen molar-refractivity contribution in [2.45, 2.75) is 31.8 Å². The molecular weight excluding hydrogens is 176 g/mol. The summed E-state index contributed by atoms with van der Waals surface area (Å²) < 4.78 is 5.60. The van der Waals surface area contributed by atoms with E-state index in [1.165, 1.54) is 32.5 Å². The van der Waals surface area contributed by atoms with Crippen LogP contribution < -0.4 is 5.32 Å². The second kappa shape index (κ2) is 3.19. The summed E-state index contributed by atoms with van der Waals surface area (Å²) in [6.45, 7) is 8.02. The van der Waals surface area contributed by atoms with E-state index in [-0.39, 0.29) is 0 Å². The zero-order valence-corrected chi connectivity index (χ0v) is 8.96. The Balaban J connectivity index is 1.67. The molecule has 0 aliphatic carbocycles. The third-order valence-electron chi connectivity index (χ3n) is 4.06. The molecule has 0 amide bonds. The van der Waals surface area contributed by atoms with Crippen LogP contribution >= 0.6 is 0 Å². The van der Waals surface area contributed by atoms with Gasteiger partial charge < -0.3 is 10.1 Å². The summed E-state index contributed by atoms with van der Waals surface area (Å²) in [6, 6.07) is 1.46. The second-order valence-corrected chi connectivity index (χ2v) is 5.51. The predicted octanol–water partition coefficient (Wildman–Crippen LogP) is 0.459. The molecule has 3 nitrogen and oxygen atoms in total. The van der Waals surface area contributed by atoms with Crippen LogP contribution in [0.25, 0.3) is 0 Å². The van der Waals surface area contributed by atoms with Crippen LogP contribution in [0.3, 0.4) is 0 Å². The van der Waals surface area contributed by atoms with E-state index >= 15 is 0 Å². The van der Waals surface area contributed by atoms with E-state index in [9.17, 15) is 0 Å². The average molecular weight is 196 g/mol. The molecule has 2 atom stereocenters. The highest BCUT2D eigenvalue weighted by Crippen LogP contribution is 2.33. The van der Waals surface area contributed by atoms with E-state index in [1.807, 2.05) is 0 Å². The lowest BCUT2D eigenvalue weighted by molar-refractivity contribution is -0.0393. The van der Waals surface area contributed by atoms with Gasteiger partial charge in [0.25, 0.3) is 0 Å². The second-order valence-electron chi connectivity index (χ2n) is 5.51. The molecule has 0 aromatic carbocycles. The van der Waals surface area contributed by atoms with E-state index in [0.717, 1.165) is 25.3 Å². The van der Waals surface area contributed by atoms with Crippen LogP contribution in [-0.4, -0.2) is 49.8 Å². The standard InChI is InChI=1S/C11H20N2O/c1-11(6-12-7-11)8-13-9-2-3-10(13)5-14-4-9/h9-10,12H,2-8H2,1H3. The zero-order valence-electron chi connectivity index (χ0n) is 8.96. The molecule has 3 fully saturated rings. The summed E-state index contributed by atoms with van der Waals surface area (Å²) in [6.07, 6.45) is 2.71. The fourth-order valence-corrected chi connectivity index (χ4v) is 3.08. The Morgan fingerprint density at radius 2 is 1.93 bits per heavy atom. The van der Waals surface area contributed by atoms with Crippen molar-refractivity contribution >= 4 is 0 Å². The third-order valence-corrected chi connectivity index (χ3v) is 4.06. The topological polar surface area (TPSA) is 24.5 Å². The maximum atomic E-state index is 5.60. The Kier molecular flexibility index (Phi) is 2.08. The van der Waals surface area contributed by atoms with Gasteiger partial charge >= 0.3 is 0 Å². The number of fused-ring (bicyclic) bond motifs is 2. The van der Waals surface area contributed by atoms with Crippen molar-refractivity contribution in [3.05, 3.63) is 0 Å². The van der Waals surface area contributed by atoms with Crippen molar-refractivity contribution in [2.24, 2.45) is 5.41 Å². The highest BCUT2D eigenvalue weighted by molar-refractivity contribution is 4.98. The van der Waals surface area contributed by atoms with Crippen molar-refractivity contribution < 1.29 is 4.74 Å². The smallest absolute Gasteiger partial charge is 0.0622 e. The number of rotatable bonds is 2. The van der Waals surface area contributed by atoms with Crippen molar-refractivity contribution in [3.8, 4) is 0 Å². The Labute approximate surface area is 85.8 Å². The molecular formula is C11H20N2O. The first-order chi connectivity index (χ1) is 6.77. The van der Waals surface area contributed by atoms with Crippen molar-refractivity contribution in [2.75, 3.05) is 32.8 Å². The van der Waals surface area contributed by atoms with E-state index in [0.29, 0.717) is 5.41 Å². The number of nitrogens with one attached hydrogen (secondary N) is 1. The first kappa shape index (κ1) is 9.13. The summed E-state index contributed by atoms with van der Waals surface area (Å²) in [5.74, 6) is 0. The Morgan fingerprint density at radius 3 is 2.43 bits per heavy atom. The monoisotopic (exact) mass is 196 g/mol. The van der Waals surface area contributed by atoms with Gasteiger partial charge in [-0.25, -0.2) is 0 Å². The summed E-state index contributed by atoms with van der Waals surface area (Å²) in [7, 11) is 0. The number of hydrogen-bond donors (Lipinski definition) is 1. The molecule has 0 aromatic rings. The van der Waals surface area contributed by atoms with Crippen LogP contribution in [0.2, 0.25) is 0 Å². The van der Waals surface area contributed by atoms with Gasteiger partial charge in [0.2, 0.25) is 0 Å². The minimum atomic E-state index is 0.540. The molecule has 80 valence electrons. The summed E-state index contributed by atoms with van der Waals surface area (Å²) in [4.78, 5) is 2.71. The molecule has 14 heavy (non-hydrogen) atoms. The lowest BCUT2D eigenvalue weighted by atomic mass is 9.83. The van der Waals surface area contributed by atoms with Crippen LogP contribution in [0.5, 0.6) is 0 Å². The van der Waals surface area contributed by atoms with Gasteiger partial charge in [0.1, 0.15) is 0 Å². The van der Waals surface area contributed by atoms with Crippen molar-refractivity contribution in [1.82, 2.24) is 10.2 Å². The zero-order chi connectivity index (χ0) is 9.60. The summed E-state index contributed by atoms with van der Waals surface area (Å²) in [5, 5.41) is 3.38. The van der Waals surface area contributed by atoms with Gasteiger partial charge in [-0.15, -0.1) is 0 Å². The fourth-order valence-electron chi connectivity index (χ4n) is 3.08. The van der Waals surface area contributed by atoms with E-state index in [2.05, 4.69) is 17.1 Å². The van der Waals surface area contributed by atoms with Gasteiger partial charge in [0, 0.05) is 37.1 Å². The van der Waals surface area contributed by atoms with E-state index in [1.54, 1.807) is 0 Å². The van der Waals surface area contributed by atoms with Crippen LogP contribution in [0.15, 0.2) is 0 Å². The molecule has 3 heteroatoms. The van der Waals surface area contributed by atoms with Crippen molar-refractivity contribution in [3.63, 3.8) is 0 Å². The average Bonchev–Trinajstić information content (AvgIpc) is 2.38. The van der Waals surface area contributed by atoms with Gasteiger partial charge in [-0.3, -0.25) is 4.90 Å². The maximum absolute atomic E-state index is 5.60. The first-order valence-electron chi connectivity index (χ1n) is 5.81. The van der Waals surface area contributed by atoms with Gasteiger partial charge in [0.05, 0.1) is 13.2 Å². The Bertz CT molecular complexity index is 211. The third kappa shape index (κ3) is 1.38. The molecule has 0 aromatic heterocycles. The van der Waals surface area contributed by atoms with E-state index < -0.39 is 0 Å². The molecule has 3 aliphatic heterocycles. The molecule has 3 heterocycles. The number of nitrogens with zero attached hydrogens (tertiary/aromatic N) is 1. The van der Waals surface area contributed by atoms with Crippen LogP contribution in [0.1, 0.15) is 19.8 Å². The quantitative estimate of drug-likeness (QED) is 0.694. The highest BCUT2D eigenvalue weighted by Gasteiger charge is 2.42. The van der Waals surface area contributed by atoms with Gasteiger partial charge in [-0.2, -0.15) is 0 Å². The molecule has 0 spiro atoms. The number of ether oxygens (including phenoxy) is 1. The Hall–Kier alpha value is -0.120. The normalized spacial score (nSPS) is 40.9. The maximum Gasteiger partial charge on any atom is 0.0622 e. The molecule has 2 bridgehead atoms. The molecule has 3 rings (SSSR count). The first-order valence-corrected chi connectivity index (χ1v) is 5.81. The minimum Gasteiger partial charge on any atom is -0.378 e. The van der Waals surface area contributed by atoms with Crippen LogP contribution in [0, 0.1) is 5.41 Å². The number of hydrogen-bond acceptors (Lipinski definition) is 3. The molecule has 1 N–H and O–H groups in total.